The van der Waals surface area contributed by atoms with Crippen LogP contribution in [-0.2, 0) is 4.74 Å². The van der Waals surface area contributed by atoms with E-state index in [-0.39, 0.29) is 6.04 Å². The van der Waals surface area contributed by atoms with E-state index in [0.29, 0.717) is 19.0 Å². The molecule has 0 aliphatic rings. The van der Waals surface area contributed by atoms with Gasteiger partial charge in [-0.05, 0) is 25.5 Å². The van der Waals surface area contributed by atoms with Crippen LogP contribution in [0.2, 0.25) is 0 Å². The van der Waals surface area contributed by atoms with Crippen LogP contribution in [0.25, 0.3) is 0 Å². The van der Waals surface area contributed by atoms with Crippen LogP contribution in [0.4, 0.5) is 5.69 Å². The molecule has 0 amide bonds. The average Bonchev–Trinajstić information content (AvgIpc) is 2.37. The Hall–Kier alpha value is -1.33. The molecule has 0 aromatic carbocycles. The van der Waals surface area contributed by atoms with Crippen molar-refractivity contribution in [2.75, 3.05) is 32.7 Å². The second-order valence-corrected chi connectivity index (χ2v) is 3.82. The number of rotatable bonds is 8. The van der Waals surface area contributed by atoms with Gasteiger partial charge in [0, 0.05) is 19.2 Å². The minimum Gasteiger partial charge on any atom is -0.481 e. The summed E-state index contributed by atoms with van der Waals surface area (Å²) in [5, 5.41) is 3.37. The number of pyridine rings is 1. The van der Waals surface area contributed by atoms with Gasteiger partial charge in [-0.15, -0.1) is 0 Å². The molecule has 5 nitrogen and oxygen atoms in total. The fourth-order valence-electron chi connectivity index (χ4n) is 1.58. The first-order valence-corrected chi connectivity index (χ1v) is 5.75. The van der Waals surface area contributed by atoms with Crippen LogP contribution >= 0.6 is 0 Å². The molecule has 1 aromatic rings. The summed E-state index contributed by atoms with van der Waals surface area (Å²) in [5.74, 6) is 0.612. The Labute approximate surface area is 102 Å². The molecule has 96 valence electrons. The predicted octanol–water partition coefficient (Wildman–Crippen LogP) is 1.26. The maximum Gasteiger partial charge on any atom is 0.213 e. The molecule has 1 heterocycles. The van der Waals surface area contributed by atoms with Gasteiger partial charge in [0.1, 0.15) is 0 Å². The van der Waals surface area contributed by atoms with Crippen LogP contribution in [0.3, 0.4) is 0 Å². The van der Waals surface area contributed by atoms with Gasteiger partial charge in [0.05, 0.1) is 25.6 Å². The molecule has 1 atom stereocenters. The highest BCUT2D eigenvalue weighted by Gasteiger charge is 2.07. The van der Waals surface area contributed by atoms with Crippen molar-refractivity contribution in [3.05, 3.63) is 18.3 Å². The van der Waals surface area contributed by atoms with E-state index in [2.05, 4.69) is 10.3 Å². The molecule has 5 heteroatoms. The second-order valence-electron chi connectivity index (χ2n) is 3.82. The third kappa shape index (κ3) is 5.01. The van der Waals surface area contributed by atoms with Gasteiger partial charge in [0.25, 0.3) is 0 Å². The predicted molar refractivity (Wildman–Crippen MR) is 68.4 cm³/mol. The molecule has 1 unspecified atom stereocenters. The number of hydrogen-bond acceptors (Lipinski definition) is 5. The standard InChI is InChI=1S/C12H21N3O2/c1-16-9-11(4-3-7-13)15-10-5-6-12(17-2)14-8-10/h5-6,8,11,15H,3-4,7,9,13H2,1-2H3. The summed E-state index contributed by atoms with van der Waals surface area (Å²) < 4.78 is 10.2. The Morgan fingerprint density at radius 1 is 1.41 bits per heavy atom. The number of nitrogens with two attached hydrogens (primary N) is 1. The van der Waals surface area contributed by atoms with Gasteiger partial charge < -0.3 is 20.5 Å². The second kappa shape index (κ2) is 7.86. The lowest BCUT2D eigenvalue weighted by molar-refractivity contribution is 0.182. The third-order valence-electron chi connectivity index (χ3n) is 2.44. The molecule has 0 aliphatic carbocycles. The topological polar surface area (TPSA) is 69.4 Å². The van der Waals surface area contributed by atoms with Crippen molar-refractivity contribution in [1.82, 2.24) is 4.98 Å². The van der Waals surface area contributed by atoms with Crippen molar-refractivity contribution in [1.29, 1.82) is 0 Å². The zero-order valence-corrected chi connectivity index (χ0v) is 10.5. The number of anilines is 1. The van der Waals surface area contributed by atoms with E-state index in [1.807, 2.05) is 12.1 Å². The SMILES string of the molecule is COCC(CCCN)Nc1ccc(OC)nc1. The minimum absolute atomic E-state index is 0.263. The third-order valence-corrected chi connectivity index (χ3v) is 2.44. The molecular weight excluding hydrogens is 218 g/mol. The normalized spacial score (nSPS) is 12.2. The van der Waals surface area contributed by atoms with Crippen LogP contribution in [0.1, 0.15) is 12.8 Å². The summed E-state index contributed by atoms with van der Waals surface area (Å²) in [6.45, 7) is 1.36. The first-order valence-electron chi connectivity index (χ1n) is 5.75. The molecule has 0 saturated heterocycles. The van der Waals surface area contributed by atoms with Gasteiger partial charge in [0.15, 0.2) is 0 Å². The zero-order chi connectivity index (χ0) is 12.5. The molecule has 0 spiro atoms. The fraction of sp³-hybridized carbons (Fsp3) is 0.583. The number of aromatic nitrogens is 1. The Morgan fingerprint density at radius 2 is 2.24 bits per heavy atom. The lowest BCUT2D eigenvalue weighted by atomic mass is 10.1. The first kappa shape index (κ1) is 13.7. The van der Waals surface area contributed by atoms with E-state index in [4.69, 9.17) is 15.2 Å². The summed E-state index contributed by atoms with van der Waals surface area (Å²) in [6, 6.07) is 4.03. The smallest absolute Gasteiger partial charge is 0.213 e. The summed E-state index contributed by atoms with van der Waals surface area (Å²) in [5.41, 5.74) is 6.47. The molecule has 0 aliphatic heterocycles. The lowest BCUT2D eigenvalue weighted by Gasteiger charge is -2.18. The quantitative estimate of drug-likeness (QED) is 0.714. The average molecular weight is 239 g/mol. The van der Waals surface area contributed by atoms with Gasteiger partial charge in [-0.25, -0.2) is 4.98 Å². The highest BCUT2D eigenvalue weighted by molar-refractivity contribution is 5.42. The van der Waals surface area contributed by atoms with Crippen LogP contribution in [0, 0.1) is 0 Å². The number of hydrogen-bond donors (Lipinski definition) is 2. The van der Waals surface area contributed by atoms with Gasteiger partial charge >= 0.3 is 0 Å². The Bertz CT molecular complexity index is 303. The molecule has 0 bridgehead atoms. The summed E-state index contributed by atoms with van der Waals surface area (Å²) in [6.07, 6.45) is 3.71. The fourth-order valence-corrected chi connectivity index (χ4v) is 1.58. The van der Waals surface area contributed by atoms with Crippen LogP contribution in [0.15, 0.2) is 18.3 Å². The van der Waals surface area contributed by atoms with E-state index in [1.54, 1.807) is 20.4 Å². The van der Waals surface area contributed by atoms with Crippen molar-refractivity contribution < 1.29 is 9.47 Å². The van der Waals surface area contributed by atoms with Gasteiger partial charge in [-0.2, -0.15) is 0 Å². The zero-order valence-electron chi connectivity index (χ0n) is 10.5. The van der Waals surface area contributed by atoms with Crippen molar-refractivity contribution in [2.24, 2.45) is 5.73 Å². The minimum atomic E-state index is 0.263. The van der Waals surface area contributed by atoms with Crippen LogP contribution < -0.4 is 15.8 Å². The van der Waals surface area contributed by atoms with Gasteiger partial charge in [0.2, 0.25) is 5.88 Å². The number of nitrogens with zero attached hydrogens (tertiary/aromatic N) is 1. The van der Waals surface area contributed by atoms with Crippen molar-refractivity contribution in [3.63, 3.8) is 0 Å². The maximum absolute atomic E-state index is 5.51. The maximum atomic E-state index is 5.51. The molecule has 1 rings (SSSR count). The van der Waals surface area contributed by atoms with E-state index >= 15 is 0 Å². The monoisotopic (exact) mass is 239 g/mol. The summed E-state index contributed by atoms with van der Waals surface area (Å²) in [7, 11) is 3.30. The van der Waals surface area contributed by atoms with Crippen LogP contribution in [0.5, 0.6) is 5.88 Å². The van der Waals surface area contributed by atoms with Crippen molar-refractivity contribution in [2.45, 2.75) is 18.9 Å². The summed E-state index contributed by atoms with van der Waals surface area (Å²) in [4.78, 5) is 4.14. The Balaban J connectivity index is 2.51. The van der Waals surface area contributed by atoms with E-state index in [9.17, 15) is 0 Å². The van der Waals surface area contributed by atoms with E-state index < -0.39 is 0 Å². The molecule has 1 aromatic heterocycles. The highest BCUT2D eigenvalue weighted by Crippen LogP contribution is 2.13. The Kier molecular flexibility index (Phi) is 6.35. The number of ether oxygens (including phenoxy) is 2. The largest absolute Gasteiger partial charge is 0.481 e. The van der Waals surface area contributed by atoms with Crippen LogP contribution in [-0.4, -0.2) is 38.4 Å². The lowest BCUT2D eigenvalue weighted by Crippen LogP contribution is -2.25. The molecule has 0 radical (unpaired) electrons. The van der Waals surface area contributed by atoms with Gasteiger partial charge in [-0.3, -0.25) is 0 Å². The molecule has 0 saturated carbocycles. The number of methoxy groups -OCH3 is 2. The Morgan fingerprint density at radius 3 is 2.76 bits per heavy atom. The molecule has 17 heavy (non-hydrogen) atoms. The van der Waals surface area contributed by atoms with Crippen molar-refractivity contribution >= 4 is 5.69 Å². The van der Waals surface area contributed by atoms with E-state index in [0.717, 1.165) is 18.5 Å². The number of nitrogens with one attached hydrogen (secondary N) is 1. The first-order chi connectivity index (χ1) is 8.30. The molecule has 3 N–H and O–H groups in total. The van der Waals surface area contributed by atoms with E-state index in [1.165, 1.54) is 0 Å². The molecule has 0 fully saturated rings. The highest BCUT2D eigenvalue weighted by atomic mass is 16.5. The molecular formula is C12H21N3O2. The summed E-state index contributed by atoms with van der Waals surface area (Å²) >= 11 is 0. The van der Waals surface area contributed by atoms with Crippen molar-refractivity contribution in [3.8, 4) is 5.88 Å². The van der Waals surface area contributed by atoms with Gasteiger partial charge in [-0.1, -0.05) is 0 Å².